The maximum absolute atomic E-state index is 14.0. The maximum Gasteiger partial charge on any atom is 0.418 e. The number of hydrogen-bond donors (Lipinski definition) is 2. The Labute approximate surface area is 285 Å². The summed E-state index contributed by atoms with van der Waals surface area (Å²) in [5.41, 5.74) is 4.95. The van der Waals surface area contributed by atoms with Gasteiger partial charge in [0.1, 0.15) is 5.60 Å². The average molecular weight is 738 g/mol. The van der Waals surface area contributed by atoms with Gasteiger partial charge in [0.05, 0.1) is 16.9 Å². The quantitative estimate of drug-likeness (QED) is 0.417. The summed E-state index contributed by atoms with van der Waals surface area (Å²) >= 11 is 3.12. The van der Waals surface area contributed by atoms with Crippen LogP contribution in [0.5, 0.6) is 0 Å². The lowest BCUT2D eigenvalue weighted by atomic mass is 9.82. The van der Waals surface area contributed by atoms with Gasteiger partial charge < -0.3 is 29.9 Å². The summed E-state index contributed by atoms with van der Waals surface area (Å²) in [5.74, 6) is -0.448. The molecule has 3 saturated heterocycles. The number of nitrogens with zero attached hydrogens (tertiary/aromatic N) is 4. The van der Waals surface area contributed by atoms with Crippen molar-refractivity contribution in [3.05, 3.63) is 57.6 Å². The van der Waals surface area contributed by atoms with Gasteiger partial charge in [-0.1, -0.05) is 18.2 Å². The van der Waals surface area contributed by atoms with Crippen molar-refractivity contribution in [2.75, 3.05) is 70.5 Å². The van der Waals surface area contributed by atoms with Crippen molar-refractivity contribution in [1.82, 2.24) is 19.6 Å². The number of amides is 3. The topological polar surface area (TPSA) is 121 Å². The van der Waals surface area contributed by atoms with E-state index in [-0.39, 0.29) is 29.5 Å². The van der Waals surface area contributed by atoms with E-state index in [1.54, 1.807) is 11.0 Å². The van der Waals surface area contributed by atoms with Crippen LogP contribution in [0.1, 0.15) is 42.4 Å². The van der Waals surface area contributed by atoms with Crippen LogP contribution in [0, 0.1) is 0 Å². The largest absolute Gasteiger partial charge is 0.438 e. The first-order chi connectivity index (χ1) is 22.8. The summed E-state index contributed by atoms with van der Waals surface area (Å²) < 4.78 is 53.1. The normalized spacial score (nSPS) is 21.3. The Balaban J connectivity index is 1.17. The molecule has 6 rings (SSSR count). The summed E-state index contributed by atoms with van der Waals surface area (Å²) in [6, 6.07) is 10.0. The van der Waals surface area contributed by atoms with E-state index < -0.39 is 47.2 Å². The van der Waals surface area contributed by atoms with Crippen LogP contribution in [-0.4, -0.2) is 109 Å². The SMILES string of the molecule is CN1CCN(C2CCN(C(=O)[C@@H](Cc3cc(Br)c(N)c(C(F)(F)F)c3)OC(=O)N3CCC4(CC3)OC(=O)Nc3ccccc34)CC2)CC1. The van der Waals surface area contributed by atoms with Gasteiger partial charge in [0.2, 0.25) is 0 Å². The molecule has 4 aliphatic heterocycles. The van der Waals surface area contributed by atoms with Gasteiger partial charge in [0.15, 0.2) is 6.10 Å². The minimum absolute atomic E-state index is 0.0379. The van der Waals surface area contributed by atoms with Crippen LogP contribution in [0.2, 0.25) is 0 Å². The molecular weight excluding hydrogens is 697 g/mol. The Bertz CT molecular complexity index is 1540. The molecule has 11 nitrogen and oxygen atoms in total. The van der Waals surface area contributed by atoms with Crippen molar-refractivity contribution < 1.29 is 37.0 Å². The van der Waals surface area contributed by atoms with Crippen molar-refractivity contribution in [3.8, 4) is 0 Å². The van der Waals surface area contributed by atoms with Gasteiger partial charge in [-0.05, 0) is 59.6 Å². The highest BCUT2D eigenvalue weighted by molar-refractivity contribution is 9.10. The molecular formula is C33H40BrF3N6O5. The van der Waals surface area contributed by atoms with E-state index in [0.29, 0.717) is 37.7 Å². The lowest BCUT2D eigenvalue weighted by Gasteiger charge is -2.44. The first kappa shape index (κ1) is 34.3. The zero-order chi connectivity index (χ0) is 34.2. The zero-order valence-electron chi connectivity index (χ0n) is 26.7. The number of fused-ring (bicyclic) bond motifs is 2. The summed E-state index contributed by atoms with van der Waals surface area (Å²) in [6.45, 7) is 5.16. The van der Waals surface area contributed by atoms with E-state index in [4.69, 9.17) is 15.2 Å². The fraction of sp³-hybridized carbons (Fsp3) is 0.545. The minimum atomic E-state index is -4.72. The number of nitrogens with one attached hydrogen (secondary N) is 1. The first-order valence-electron chi connectivity index (χ1n) is 16.2. The molecule has 0 bridgehead atoms. The van der Waals surface area contributed by atoms with Gasteiger partial charge in [-0.25, -0.2) is 9.59 Å². The molecule has 2 aromatic carbocycles. The molecule has 1 spiro atoms. The molecule has 0 radical (unpaired) electrons. The Hall–Kier alpha value is -3.56. The smallest absolute Gasteiger partial charge is 0.418 e. The number of halogens is 4. The Morgan fingerprint density at radius 2 is 1.71 bits per heavy atom. The van der Waals surface area contributed by atoms with Crippen molar-refractivity contribution in [1.29, 1.82) is 0 Å². The van der Waals surface area contributed by atoms with Crippen LogP contribution in [0.3, 0.4) is 0 Å². The van der Waals surface area contributed by atoms with Crippen LogP contribution in [0.15, 0.2) is 40.9 Å². The molecule has 15 heteroatoms. The van der Waals surface area contributed by atoms with E-state index in [1.807, 2.05) is 18.2 Å². The molecule has 0 saturated carbocycles. The number of anilines is 2. The number of carbonyl (C=O) groups is 3. The van der Waals surface area contributed by atoms with Crippen molar-refractivity contribution in [2.45, 2.75) is 56.0 Å². The lowest BCUT2D eigenvalue weighted by molar-refractivity contribution is -0.143. The Morgan fingerprint density at radius 1 is 1.04 bits per heavy atom. The van der Waals surface area contributed by atoms with E-state index in [1.165, 1.54) is 11.0 Å². The summed E-state index contributed by atoms with van der Waals surface area (Å²) in [4.78, 5) is 47.8. The molecule has 48 heavy (non-hydrogen) atoms. The number of piperazine rings is 1. The summed E-state index contributed by atoms with van der Waals surface area (Å²) in [5, 5.41) is 2.71. The van der Waals surface area contributed by atoms with E-state index in [9.17, 15) is 27.6 Å². The summed E-state index contributed by atoms with van der Waals surface area (Å²) in [6.07, 6.45) is -5.54. The van der Waals surface area contributed by atoms with Gasteiger partial charge in [0.25, 0.3) is 5.91 Å². The second-order valence-electron chi connectivity index (χ2n) is 13.1. The van der Waals surface area contributed by atoms with Crippen molar-refractivity contribution in [2.24, 2.45) is 0 Å². The van der Waals surface area contributed by atoms with Crippen molar-refractivity contribution >= 4 is 45.4 Å². The van der Waals surface area contributed by atoms with Gasteiger partial charge in [-0.15, -0.1) is 0 Å². The van der Waals surface area contributed by atoms with Gasteiger partial charge >= 0.3 is 18.4 Å². The third-order valence-corrected chi connectivity index (χ3v) is 10.7. The van der Waals surface area contributed by atoms with Gasteiger partial charge in [-0.2, -0.15) is 13.2 Å². The number of likely N-dealkylation sites (N-methyl/N-ethyl adjacent to an activating group) is 1. The standard InChI is InChI=1S/C33H40BrF3N6O5/c1-40-14-16-41(17-15-40)22-6-10-42(11-7-22)29(44)27(20-21-18-24(33(35,36)37)28(38)25(34)19-21)47-31(46)43-12-8-32(9-13-43)23-4-2-3-5-26(23)39-30(45)48-32/h2-5,18-19,22,27H,6-17,20,38H2,1H3,(H,39,45)/t27-/m1/s1. The first-order valence-corrected chi connectivity index (χ1v) is 17.0. The average Bonchev–Trinajstić information content (AvgIpc) is 3.06. The maximum atomic E-state index is 14.0. The molecule has 0 aliphatic carbocycles. The molecule has 4 aliphatic rings. The monoisotopic (exact) mass is 736 g/mol. The third-order valence-electron chi connectivity index (χ3n) is 10.0. The number of nitrogen functional groups attached to an aromatic ring is 1. The predicted molar refractivity (Wildman–Crippen MR) is 175 cm³/mol. The Morgan fingerprint density at radius 3 is 2.38 bits per heavy atom. The van der Waals surface area contributed by atoms with Crippen LogP contribution in [0.25, 0.3) is 0 Å². The number of ether oxygens (including phenoxy) is 2. The summed E-state index contributed by atoms with van der Waals surface area (Å²) in [7, 11) is 2.10. The number of benzene rings is 2. The molecule has 260 valence electrons. The Kier molecular flexibility index (Phi) is 9.83. The number of likely N-dealkylation sites (tertiary alicyclic amines) is 2. The number of para-hydroxylation sites is 1. The predicted octanol–water partition coefficient (Wildman–Crippen LogP) is 4.89. The molecule has 0 aromatic heterocycles. The van der Waals surface area contributed by atoms with Crippen LogP contribution in [0.4, 0.5) is 34.1 Å². The molecule has 0 unspecified atom stereocenters. The number of carbonyl (C=O) groups excluding carboxylic acids is 3. The molecule has 1 atom stereocenters. The van der Waals surface area contributed by atoms with Crippen LogP contribution < -0.4 is 11.1 Å². The van der Waals surface area contributed by atoms with E-state index in [2.05, 4.69) is 38.1 Å². The lowest BCUT2D eigenvalue weighted by Crippen LogP contribution is -2.54. The highest BCUT2D eigenvalue weighted by Crippen LogP contribution is 2.43. The van der Waals surface area contributed by atoms with Crippen molar-refractivity contribution in [3.63, 3.8) is 0 Å². The number of nitrogens with two attached hydrogens (primary N) is 1. The van der Waals surface area contributed by atoms with Crippen LogP contribution >= 0.6 is 15.9 Å². The fourth-order valence-electron chi connectivity index (χ4n) is 7.24. The fourth-order valence-corrected chi connectivity index (χ4v) is 7.74. The van der Waals surface area contributed by atoms with Gasteiger partial charge in [-0.3, -0.25) is 15.0 Å². The van der Waals surface area contributed by atoms with E-state index in [0.717, 1.165) is 50.7 Å². The highest BCUT2D eigenvalue weighted by Gasteiger charge is 2.46. The molecule has 3 fully saturated rings. The minimum Gasteiger partial charge on any atom is -0.438 e. The molecule has 3 N–H and O–H groups in total. The third kappa shape index (κ3) is 7.22. The number of piperidine rings is 2. The number of alkyl halides is 3. The number of rotatable bonds is 5. The molecule has 4 heterocycles. The molecule has 2 aromatic rings. The molecule has 3 amide bonds. The second-order valence-corrected chi connectivity index (χ2v) is 13.9. The van der Waals surface area contributed by atoms with E-state index >= 15 is 0 Å². The zero-order valence-corrected chi connectivity index (χ0v) is 28.3. The second kappa shape index (κ2) is 13.7. The highest BCUT2D eigenvalue weighted by atomic mass is 79.9. The number of hydrogen-bond acceptors (Lipinski definition) is 8. The van der Waals surface area contributed by atoms with Crippen LogP contribution in [-0.2, 0) is 32.5 Å². The van der Waals surface area contributed by atoms with Gasteiger partial charge in [0, 0.05) is 87.7 Å².